The molecule has 0 unspecified atom stereocenters. The Balaban J connectivity index is 2.04. The second-order valence-corrected chi connectivity index (χ2v) is 5.37. The van der Waals surface area contributed by atoms with Gasteiger partial charge in [0.05, 0.1) is 6.21 Å². The van der Waals surface area contributed by atoms with Gasteiger partial charge >= 0.3 is 0 Å². The van der Waals surface area contributed by atoms with Crippen LogP contribution in [0.1, 0.15) is 16.3 Å². The lowest BCUT2D eigenvalue weighted by Crippen LogP contribution is -1.99. The van der Waals surface area contributed by atoms with Crippen molar-refractivity contribution in [2.24, 2.45) is 5.10 Å². The highest BCUT2D eigenvalue weighted by atomic mass is 79.9. The summed E-state index contributed by atoms with van der Waals surface area (Å²) in [6, 6.07) is 3.92. The summed E-state index contributed by atoms with van der Waals surface area (Å²) in [4.78, 5) is 9.52. The van der Waals surface area contributed by atoms with E-state index in [2.05, 4.69) is 36.4 Å². The molecule has 0 atom stereocenters. The topological polar surface area (TPSA) is 50.2 Å². The molecule has 0 saturated heterocycles. The van der Waals surface area contributed by atoms with Gasteiger partial charge in [0.25, 0.3) is 0 Å². The third kappa shape index (κ3) is 3.61. The molecule has 2 aromatic heterocycles. The van der Waals surface area contributed by atoms with Crippen LogP contribution in [0.4, 0.5) is 5.95 Å². The second kappa shape index (κ2) is 5.37. The van der Waals surface area contributed by atoms with Crippen molar-refractivity contribution >= 4 is 39.4 Å². The van der Waals surface area contributed by atoms with Crippen molar-refractivity contribution in [3.63, 3.8) is 0 Å². The molecule has 1 N–H and O–H groups in total. The monoisotopic (exact) mass is 310 g/mol. The van der Waals surface area contributed by atoms with Gasteiger partial charge in [0.1, 0.15) is 0 Å². The first-order valence-electron chi connectivity index (χ1n) is 4.99. The van der Waals surface area contributed by atoms with Gasteiger partial charge in [-0.05, 0) is 41.9 Å². The summed E-state index contributed by atoms with van der Waals surface area (Å²) in [5.74, 6) is 0.523. The number of halogens is 1. The minimum atomic E-state index is 0.523. The molecule has 0 spiro atoms. The van der Waals surface area contributed by atoms with Gasteiger partial charge in [-0.1, -0.05) is 0 Å². The van der Waals surface area contributed by atoms with Crippen LogP contribution in [0, 0.1) is 13.8 Å². The molecule has 0 radical (unpaired) electrons. The van der Waals surface area contributed by atoms with Crippen LogP contribution in [0.15, 0.2) is 27.1 Å². The fourth-order valence-corrected chi connectivity index (χ4v) is 2.63. The standard InChI is InChI=1S/C11H11BrN4S/c1-7-3-8(2)15-11(14-7)16-13-5-10-4-9(12)6-17-10/h3-6H,1-2H3,(H,14,15,16)/b13-5-. The highest BCUT2D eigenvalue weighted by Crippen LogP contribution is 2.17. The molecule has 2 heterocycles. The summed E-state index contributed by atoms with van der Waals surface area (Å²) in [6.45, 7) is 3.86. The maximum absolute atomic E-state index is 4.23. The van der Waals surface area contributed by atoms with Gasteiger partial charge in [0.15, 0.2) is 0 Å². The van der Waals surface area contributed by atoms with Crippen LogP contribution < -0.4 is 5.43 Å². The number of anilines is 1. The van der Waals surface area contributed by atoms with Crippen molar-refractivity contribution < 1.29 is 0 Å². The van der Waals surface area contributed by atoms with Gasteiger partial charge in [-0.3, -0.25) is 0 Å². The largest absolute Gasteiger partial charge is 0.245 e. The van der Waals surface area contributed by atoms with E-state index in [1.807, 2.05) is 31.4 Å². The molecule has 2 rings (SSSR count). The van der Waals surface area contributed by atoms with E-state index in [0.29, 0.717) is 5.95 Å². The molecule has 0 bridgehead atoms. The number of hydrogen-bond donors (Lipinski definition) is 1. The number of thiophene rings is 1. The lowest BCUT2D eigenvalue weighted by molar-refractivity contribution is 1.04. The van der Waals surface area contributed by atoms with Crippen molar-refractivity contribution in [2.45, 2.75) is 13.8 Å². The SMILES string of the molecule is Cc1cc(C)nc(N/N=C\c2cc(Br)cs2)n1. The Labute approximate surface area is 112 Å². The molecular formula is C11H11BrN4S. The van der Waals surface area contributed by atoms with Crippen molar-refractivity contribution in [3.8, 4) is 0 Å². The molecule has 88 valence electrons. The predicted octanol–water partition coefficient (Wildman–Crippen LogP) is 3.36. The Morgan fingerprint density at radius 2 is 2.00 bits per heavy atom. The Bertz CT molecular complexity index is 530. The van der Waals surface area contributed by atoms with E-state index in [1.165, 1.54) is 0 Å². The van der Waals surface area contributed by atoms with E-state index in [1.54, 1.807) is 17.6 Å². The Hall–Kier alpha value is -1.27. The Morgan fingerprint density at radius 3 is 2.59 bits per heavy atom. The fraction of sp³-hybridized carbons (Fsp3) is 0.182. The lowest BCUT2D eigenvalue weighted by Gasteiger charge is -2.00. The number of nitrogens with one attached hydrogen (secondary N) is 1. The fourth-order valence-electron chi connectivity index (χ4n) is 1.33. The molecule has 0 saturated carbocycles. The summed E-state index contributed by atoms with van der Waals surface area (Å²) >= 11 is 5.01. The number of aryl methyl sites for hydroxylation is 2. The van der Waals surface area contributed by atoms with Crippen LogP contribution in [-0.2, 0) is 0 Å². The van der Waals surface area contributed by atoms with Gasteiger partial charge in [-0.2, -0.15) is 5.10 Å². The number of nitrogens with zero attached hydrogens (tertiary/aromatic N) is 3. The molecule has 0 fully saturated rings. The van der Waals surface area contributed by atoms with Gasteiger partial charge in [0, 0.05) is 26.1 Å². The molecule has 0 amide bonds. The van der Waals surface area contributed by atoms with E-state index in [-0.39, 0.29) is 0 Å². The summed E-state index contributed by atoms with van der Waals surface area (Å²) in [6.07, 6.45) is 1.75. The summed E-state index contributed by atoms with van der Waals surface area (Å²) < 4.78 is 1.06. The third-order valence-corrected chi connectivity index (χ3v) is 3.55. The van der Waals surface area contributed by atoms with Gasteiger partial charge < -0.3 is 0 Å². The van der Waals surface area contributed by atoms with E-state index in [4.69, 9.17) is 0 Å². The summed E-state index contributed by atoms with van der Waals surface area (Å²) in [5.41, 5.74) is 4.67. The molecule has 0 aliphatic rings. The maximum atomic E-state index is 4.23. The van der Waals surface area contributed by atoms with Crippen LogP contribution in [0.25, 0.3) is 0 Å². The molecule has 0 aromatic carbocycles. The normalized spacial score (nSPS) is 11.0. The minimum absolute atomic E-state index is 0.523. The van der Waals surface area contributed by atoms with Crippen LogP contribution in [0.2, 0.25) is 0 Å². The smallest absolute Gasteiger partial charge is 0.243 e. The molecule has 4 nitrogen and oxygen atoms in total. The zero-order valence-corrected chi connectivity index (χ0v) is 11.8. The van der Waals surface area contributed by atoms with Crippen molar-refractivity contribution in [1.82, 2.24) is 9.97 Å². The van der Waals surface area contributed by atoms with Crippen molar-refractivity contribution in [3.05, 3.63) is 38.3 Å². The molecule has 17 heavy (non-hydrogen) atoms. The summed E-state index contributed by atoms with van der Waals surface area (Å²) in [7, 11) is 0. The van der Waals surface area contributed by atoms with Gasteiger partial charge in [-0.25, -0.2) is 15.4 Å². The second-order valence-electron chi connectivity index (χ2n) is 3.51. The van der Waals surface area contributed by atoms with E-state index in [0.717, 1.165) is 20.7 Å². The van der Waals surface area contributed by atoms with Crippen molar-refractivity contribution in [2.75, 3.05) is 5.43 Å². The first-order chi connectivity index (χ1) is 8.13. The average Bonchev–Trinajstić information content (AvgIpc) is 2.63. The molecular weight excluding hydrogens is 300 g/mol. The molecule has 0 aliphatic carbocycles. The Morgan fingerprint density at radius 1 is 1.29 bits per heavy atom. The predicted molar refractivity (Wildman–Crippen MR) is 74.7 cm³/mol. The van der Waals surface area contributed by atoms with Crippen LogP contribution in [-0.4, -0.2) is 16.2 Å². The van der Waals surface area contributed by atoms with Crippen LogP contribution >= 0.6 is 27.3 Å². The van der Waals surface area contributed by atoms with E-state index >= 15 is 0 Å². The average molecular weight is 311 g/mol. The number of hydrogen-bond acceptors (Lipinski definition) is 5. The van der Waals surface area contributed by atoms with Crippen molar-refractivity contribution in [1.29, 1.82) is 0 Å². The van der Waals surface area contributed by atoms with Crippen LogP contribution in [0.3, 0.4) is 0 Å². The van der Waals surface area contributed by atoms with Gasteiger partial charge in [-0.15, -0.1) is 11.3 Å². The zero-order chi connectivity index (χ0) is 12.3. The van der Waals surface area contributed by atoms with Crippen LogP contribution in [0.5, 0.6) is 0 Å². The highest BCUT2D eigenvalue weighted by Gasteiger charge is 1.97. The molecule has 6 heteroatoms. The maximum Gasteiger partial charge on any atom is 0.243 e. The van der Waals surface area contributed by atoms with Gasteiger partial charge in [0.2, 0.25) is 5.95 Å². The first-order valence-corrected chi connectivity index (χ1v) is 6.66. The number of rotatable bonds is 3. The quantitative estimate of drug-likeness (QED) is 0.698. The highest BCUT2D eigenvalue weighted by molar-refractivity contribution is 9.10. The van der Waals surface area contributed by atoms with E-state index in [9.17, 15) is 0 Å². The Kier molecular flexibility index (Phi) is 3.86. The first kappa shape index (κ1) is 12.2. The number of aromatic nitrogens is 2. The van der Waals surface area contributed by atoms with E-state index < -0.39 is 0 Å². The lowest BCUT2D eigenvalue weighted by atomic mass is 10.4. The zero-order valence-electron chi connectivity index (χ0n) is 9.44. The molecule has 0 aliphatic heterocycles. The minimum Gasteiger partial charge on any atom is -0.245 e. The molecule has 2 aromatic rings. The number of hydrazone groups is 1. The summed E-state index contributed by atoms with van der Waals surface area (Å²) in [5, 5.41) is 6.11. The third-order valence-electron chi connectivity index (χ3n) is 1.93.